The summed E-state index contributed by atoms with van der Waals surface area (Å²) in [5, 5.41) is 12.8. The van der Waals surface area contributed by atoms with Gasteiger partial charge in [0.25, 0.3) is 0 Å². The van der Waals surface area contributed by atoms with Crippen LogP contribution in [0.4, 0.5) is 10.1 Å². The number of benzene rings is 2. The number of thioether (sulfide) groups is 1. The molecule has 1 aliphatic heterocycles. The Labute approximate surface area is 131 Å². The fraction of sp³-hybridized carbons (Fsp3) is 0.188. The maximum absolute atomic E-state index is 13.8. The third-order valence-corrected chi connectivity index (χ3v) is 4.94. The molecule has 1 heterocycles. The molecule has 0 radical (unpaired) electrons. The Morgan fingerprint density at radius 1 is 1.33 bits per heavy atom. The van der Waals surface area contributed by atoms with Crippen LogP contribution in [-0.4, -0.2) is 5.75 Å². The van der Waals surface area contributed by atoms with Crippen molar-refractivity contribution in [2.75, 3.05) is 11.1 Å². The third-order valence-electron chi connectivity index (χ3n) is 3.45. The van der Waals surface area contributed by atoms with Crippen LogP contribution in [-0.2, 0) is 0 Å². The van der Waals surface area contributed by atoms with Crippen LogP contribution in [0.2, 0.25) is 5.02 Å². The number of anilines is 1. The summed E-state index contributed by atoms with van der Waals surface area (Å²) in [5.74, 6) is 0.697. The fourth-order valence-corrected chi connectivity index (χ4v) is 3.74. The van der Waals surface area contributed by atoms with Crippen LogP contribution in [0.5, 0.6) is 0 Å². The highest BCUT2D eigenvalue weighted by atomic mass is 35.5. The third kappa shape index (κ3) is 2.85. The molecule has 21 heavy (non-hydrogen) atoms. The van der Waals surface area contributed by atoms with Crippen LogP contribution in [0.3, 0.4) is 0 Å². The minimum atomic E-state index is -0.169. The summed E-state index contributed by atoms with van der Waals surface area (Å²) < 4.78 is 13.8. The Balaban J connectivity index is 1.91. The monoisotopic (exact) mass is 318 g/mol. The Hall–Kier alpha value is -1.70. The first-order valence-corrected chi connectivity index (χ1v) is 7.93. The van der Waals surface area contributed by atoms with E-state index in [9.17, 15) is 4.39 Å². The van der Waals surface area contributed by atoms with E-state index in [4.69, 9.17) is 16.9 Å². The lowest BCUT2D eigenvalue weighted by Gasteiger charge is -2.27. The summed E-state index contributed by atoms with van der Waals surface area (Å²) in [6, 6.07) is 12.5. The van der Waals surface area contributed by atoms with Crippen molar-refractivity contribution >= 4 is 29.1 Å². The largest absolute Gasteiger partial charge is 0.378 e. The number of nitrogens with one attached hydrogen (secondary N) is 1. The summed E-state index contributed by atoms with van der Waals surface area (Å²) in [4.78, 5) is 0.718. The zero-order valence-electron chi connectivity index (χ0n) is 11.1. The van der Waals surface area contributed by atoms with E-state index in [1.165, 1.54) is 6.07 Å². The predicted octanol–water partition coefficient (Wildman–Crippen LogP) is 5.00. The van der Waals surface area contributed by atoms with E-state index < -0.39 is 0 Å². The number of nitriles is 1. The van der Waals surface area contributed by atoms with Crippen molar-refractivity contribution in [3.8, 4) is 6.07 Å². The lowest BCUT2D eigenvalue weighted by Crippen LogP contribution is -2.16. The highest BCUT2D eigenvalue weighted by Crippen LogP contribution is 2.39. The highest BCUT2D eigenvalue weighted by Gasteiger charge is 2.23. The van der Waals surface area contributed by atoms with Crippen LogP contribution < -0.4 is 5.32 Å². The number of nitrogens with zero attached hydrogens (tertiary/aromatic N) is 1. The summed E-state index contributed by atoms with van der Waals surface area (Å²) in [6.07, 6.45) is 0.908. The van der Waals surface area contributed by atoms with Crippen molar-refractivity contribution in [3.05, 3.63) is 58.4 Å². The van der Waals surface area contributed by atoms with Gasteiger partial charge in [0.15, 0.2) is 0 Å². The molecule has 1 unspecified atom stereocenters. The van der Waals surface area contributed by atoms with Gasteiger partial charge in [0.1, 0.15) is 11.9 Å². The first-order valence-electron chi connectivity index (χ1n) is 6.56. The van der Waals surface area contributed by atoms with Gasteiger partial charge in [-0.1, -0.05) is 23.7 Å². The summed E-state index contributed by atoms with van der Waals surface area (Å²) >= 11 is 7.49. The molecule has 106 valence electrons. The number of halogens is 2. The first kappa shape index (κ1) is 14.2. The number of rotatable bonds is 2. The van der Waals surface area contributed by atoms with E-state index in [-0.39, 0.29) is 11.9 Å². The molecule has 0 aromatic heterocycles. The lowest BCUT2D eigenvalue weighted by molar-refractivity contribution is 0.585. The van der Waals surface area contributed by atoms with Crippen LogP contribution in [0, 0.1) is 17.1 Å². The second kappa shape index (κ2) is 5.97. The average Bonchev–Trinajstić information content (AvgIpc) is 2.50. The molecule has 2 aromatic carbocycles. The fourth-order valence-electron chi connectivity index (χ4n) is 2.44. The summed E-state index contributed by atoms with van der Waals surface area (Å²) in [7, 11) is 0. The molecule has 0 bridgehead atoms. The Morgan fingerprint density at radius 3 is 3.00 bits per heavy atom. The molecule has 0 spiro atoms. The molecule has 0 aliphatic carbocycles. The summed E-state index contributed by atoms with van der Waals surface area (Å²) in [5.41, 5.74) is 2.23. The van der Waals surface area contributed by atoms with Crippen molar-refractivity contribution in [2.45, 2.75) is 17.4 Å². The van der Waals surface area contributed by atoms with Gasteiger partial charge in [0, 0.05) is 16.3 Å². The van der Waals surface area contributed by atoms with Crippen molar-refractivity contribution in [1.82, 2.24) is 0 Å². The van der Waals surface area contributed by atoms with Crippen LogP contribution >= 0.6 is 23.4 Å². The van der Waals surface area contributed by atoms with Gasteiger partial charge in [0.05, 0.1) is 16.6 Å². The molecule has 0 fully saturated rings. The molecule has 2 aromatic rings. The highest BCUT2D eigenvalue weighted by molar-refractivity contribution is 7.99. The van der Waals surface area contributed by atoms with E-state index in [0.717, 1.165) is 28.3 Å². The van der Waals surface area contributed by atoms with Gasteiger partial charge in [-0.3, -0.25) is 0 Å². The SMILES string of the molecule is N#Cc1cc(NC2CCSc3c(F)cccc32)ccc1Cl. The van der Waals surface area contributed by atoms with Gasteiger partial charge >= 0.3 is 0 Å². The second-order valence-electron chi connectivity index (χ2n) is 4.80. The number of hydrogen-bond acceptors (Lipinski definition) is 3. The van der Waals surface area contributed by atoms with Crippen molar-refractivity contribution in [2.24, 2.45) is 0 Å². The van der Waals surface area contributed by atoms with E-state index >= 15 is 0 Å². The maximum Gasteiger partial charge on any atom is 0.137 e. The molecule has 2 nitrogen and oxygen atoms in total. The van der Waals surface area contributed by atoms with Gasteiger partial charge in [-0.25, -0.2) is 4.39 Å². The standard InChI is InChI=1S/C16H12ClFN2S/c17-13-5-4-11(8-10(13)9-19)20-15-6-7-21-16-12(15)2-1-3-14(16)18/h1-5,8,15,20H,6-7H2. The molecule has 0 saturated heterocycles. The van der Waals surface area contributed by atoms with Crippen molar-refractivity contribution < 1.29 is 4.39 Å². The van der Waals surface area contributed by atoms with E-state index in [1.807, 2.05) is 12.1 Å². The van der Waals surface area contributed by atoms with Crippen LogP contribution in [0.15, 0.2) is 41.3 Å². The van der Waals surface area contributed by atoms with Gasteiger partial charge in [-0.15, -0.1) is 11.8 Å². The Morgan fingerprint density at radius 2 is 2.19 bits per heavy atom. The van der Waals surface area contributed by atoms with Crippen molar-refractivity contribution in [3.63, 3.8) is 0 Å². The minimum absolute atomic E-state index is 0.0460. The normalized spacial score (nSPS) is 16.9. The van der Waals surface area contributed by atoms with Gasteiger partial charge in [-0.2, -0.15) is 5.26 Å². The lowest BCUT2D eigenvalue weighted by atomic mass is 10.0. The summed E-state index contributed by atoms with van der Waals surface area (Å²) in [6.45, 7) is 0. The number of fused-ring (bicyclic) bond motifs is 1. The van der Waals surface area contributed by atoms with Gasteiger partial charge < -0.3 is 5.32 Å². The van der Waals surface area contributed by atoms with Gasteiger partial charge in [-0.05, 0) is 36.2 Å². The second-order valence-corrected chi connectivity index (χ2v) is 6.31. The first-order chi connectivity index (χ1) is 10.2. The zero-order chi connectivity index (χ0) is 14.8. The van der Waals surface area contributed by atoms with Crippen molar-refractivity contribution in [1.29, 1.82) is 5.26 Å². The molecule has 1 N–H and O–H groups in total. The average molecular weight is 319 g/mol. The van der Waals surface area contributed by atoms with E-state index in [0.29, 0.717) is 10.6 Å². The molecule has 3 rings (SSSR count). The molecular formula is C16H12ClFN2S. The predicted molar refractivity (Wildman–Crippen MR) is 84.3 cm³/mol. The molecule has 0 saturated carbocycles. The number of hydrogen-bond donors (Lipinski definition) is 1. The van der Waals surface area contributed by atoms with E-state index in [1.54, 1.807) is 30.0 Å². The smallest absolute Gasteiger partial charge is 0.137 e. The minimum Gasteiger partial charge on any atom is -0.378 e. The Bertz CT molecular complexity index is 727. The molecule has 5 heteroatoms. The maximum atomic E-state index is 13.8. The van der Waals surface area contributed by atoms with E-state index in [2.05, 4.69) is 11.4 Å². The molecule has 0 amide bonds. The Kier molecular flexibility index (Phi) is 4.05. The van der Waals surface area contributed by atoms with Gasteiger partial charge in [0.2, 0.25) is 0 Å². The van der Waals surface area contributed by atoms with Crippen LogP contribution in [0.25, 0.3) is 0 Å². The molecule has 1 atom stereocenters. The van der Waals surface area contributed by atoms with Crippen LogP contribution in [0.1, 0.15) is 23.6 Å². The quantitative estimate of drug-likeness (QED) is 0.846. The molecular weight excluding hydrogens is 307 g/mol. The topological polar surface area (TPSA) is 35.8 Å². The molecule has 1 aliphatic rings. The zero-order valence-corrected chi connectivity index (χ0v) is 12.6.